The predicted octanol–water partition coefficient (Wildman–Crippen LogP) is 5.32. The van der Waals surface area contributed by atoms with Crippen molar-refractivity contribution in [3.8, 4) is 0 Å². The summed E-state index contributed by atoms with van der Waals surface area (Å²) >= 11 is 3.18. The smallest absolute Gasteiger partial charge is 0.316 e. The van der Waals surface area contributed by atoms with Gasteiger partial charge in [-0.3, -0.25) is 9.59 Å². The number of ether oxygens (including phenoxy) is 3. The number of unbranched alkanes of at least 4 members (excludes halogenated alkanes) is 6. The van der Waals surface area contributed by atoms with E-state index in [-0.39, 0.29) is 35.6 Å². The summed E-state index contributed by atoms with van der Waals surface area (Å²) in [6.45, 7) is 2.22. The van der Waals surface area contributed by atoms with Crippen LogP contribution in [0.2, 0.25) is 0 Å². The highest BCUT2D eigenvalue weighted by Gasteiger charge is 2.33. The number of carbonyl (C=O) groups excluding carboxylic acids is 2. The first-order chi connectivity index (χ1) is 13.1. The van der Waals surface area contributed by atoms with Crippen molar-refractivity contribution in [1.29, 1.82) is 0 Å². The Balaban J connectivity index is 2.33. The molecule has 1 aliphatic rings. The molecule has 0 saturated carbocycles. The molecule has 1 fully saturated rings. The van der Waals surface area contributed by atoms with Crippen LogP contribution in [0.3, 0.4) is 0 Å². The van der Waals surface area contributed by atoms with Crippen LogP contribution in [-0.2, 0) is 23.8 Å². The molecule has 0 radical (unpaired) electrons. The van der Waals surface area contributed by atoms with Gasteiger partial charge in [0.15, 0.2) is 0 Å². The van der Waals surface area contributed by atoms with Crippen LogP contribution in [-0.4, -0.2) is 42.7 Å². The summed E-state index contributed by atoms with van der Waals surface area (Å²) in [6.07, 6.45) is 13.5. The van der Waals surface area contributed by atoms with Crippen molar-refractivity contribution in [2.75, 3.05) is 12.4 Å². The second kappa shape index (κ2) is 15.3. The number of methoxy groups -OCH3 is 1. The Morgan fingerprint density at radius 3 is 2.48 bits per heavy atom. The van der Waals surface area contributed by atoms with Crippen LogP contribution >= 0.6 is 15.9 Å². The van der Waals surface area contributed by atoms with Crippen molar-refractivity contribution < 1.29 is 23.8 Å². The molecule has 3 atom stereocenters. The fourth-order valence-electron chi connectivity index (χ4n) is 3.61. The summed E-state index contributed by atoms with van der Waals surface area (Å²) in [6, 6.07) is 0. The van der Waals surface area contributed by atoms with E-state index in [2.05, 4.69) is 27.6 Å². The summed E-state index contributed by atoms with van der Waals surface area (Å²) < 4.78 is 16.5. The van der Waals surface area contributed by atoms with Gasteiger partial charge in [0.05, 0.1) is 19.3 Å². The van der Waals surface area contributed by atoms with Crippen molar-refractivity contribution >= 4 is 27.9 Å². The highest BCUT2D eigenvalue weighted by molar-refractivity contribution is 9.09. The van der Waals surface area contributed by atoms with E-state index < -0.39 is 0 Å². The van der Waals surface area contributed by atoms with Crippen LogP contribution in [0.1, 0.15) is 90.4 Å². The number of esters is 2. The molecule has 0 spiro atoms. The first-order valence-electron chi connectivity index (χ1n) is 10.6. The average Bonchev–Trinajstić information content (AvgIpc) is 3.15. The van der Waals surface area contributed by atoms with Gasteiger partial charge in [-0.05, 0) is 38.5 Å². The number of alkyl halides is 1. The molecule has 0 amide bonds. The molecule has 1 heterocycles. The third-order valence-corrected chi connectivity index (χ3v) is 5.63. The Bertz CT molecular complexity index is 415. The summed E-state index contributed by atoms with van der Waals surface area (Å²) in [5.41, 5.74) is 0. The van der Waals surface area contributed by atoms with Crippen molar-refractivity contribution in [2.45, 2.75) is 109 Å². The fourth-order valence-corrected chi connectivity index (χ4v) is 3.74. The molecule has 0 N–H and O–H groups in total. The Labute approximate surface area is 173 Å². The van der Waals surface area contributed by atoms with Gasteiger partial charge in [0.25, 0.3) is 0 Å². The zero-order chi connectivity index (χ0) is 19.9. The van der Waals surface area contributed by atoms with Crippen LogP contribution in [0.5, 0.6) is 0 Å². The molecular formula is C21H37BrO5. The van der Waals surface area contributed by atoms with Gasteiger partial charge in [-0.15, -0.1) is 0 Å². The van der Waals surface area contributed by atoms with Gasteiger partial charge in [0.2, 0.25) is 0 Å². The summed E-state index contributed by atoms with van der Waals surface area (Å²) in [5, 5.41) is 0.226. The van der Waals surface area contributed by atoms with E-state index in [9.17, 15) is 9.59 Å². The van der Waals surface area contributed by atoms with Gasteiger partial charge in [-0.2, -0.15) is 0 Å². The second-order valence-electron chi connectivity index (χ2n) is 7.41. The maximum atomic E-state index is 11.8. The molecule has 1 rings (SSSR count). The van der Waals surface area contributed by atoms with E-state index in [0.29, 0.717) is 6.42 Å². The predicted molar refractivity (Wildman–Crippen MR) is 110 cm³/mol. The third kappa shape index (κ3) is 11.1. The van der Waals surface area contributed by atoms with E-state index in [1.807, 2.05) is 0 Å². The number of hydrogen-bond acceptors (Lipinski definition) is 5. The van der Waals surface area contributed by atoms with E-state index in [1.54, 1.807) is 0 Å². The SMILES string of the molecule is CCCCCCCC[C@@H](OC(=O)CBr)[C@H]1CC[C@H](CCCCC(=O)OC)O1. The van der Waals surface area contributed by atoms with E-state index >= 15 is 0 Å². The summed E-state index contributed by atoms with van der Waals surface area (Å²) in [4.78, 5) is 22.9. The highest BCUT2D eigenvalue weighted by atomic mass is 79.9. The molecule has 1 saturated heterocycles. The van der Waals surface area contributed by atoms with Gasteiger partial charge in [-0.1, -0.05) is 61.4 Å². The molecule has 158 valence electrons. The zero-order valence-electron chi connectivity index (χ0n) is 17.1. The lowest BCUT2D eigenvalue weighted by atomic mass is 10.0. The normalized spacial score (nSPS) is 20.4. The van der Waals surface area contributed by atoms with E-state index in [0.717, 1.165) is 44.9 Å². The van der Waals surface area contributed by atoms with Crippen LogP contribution in [0.15, 0.2) is 0 Å². The lowest BCUT2D eigenvalue weighted by Gasteiger charge is -2.24. The van der Waals surface area contributed by atoms with Gasteiger partial charge in [0, 0.05) is 6.42 Å². The number of hydrogen-bond donors (Lipinski definition) is 0. The van der Waals surface area contributed by atoms with Gasteiger partial charge < -0.3 is 14.2 Å². The van der Waals surface area contributed by atoms with Gasteiger partial charge in [0.1, 0.15) is 11.4 Å². The molecule has 0 aromatic heterocycles. The zero-order valence-corrected chi connectivity index (χ0v) is 18.6. The number of rotatable bonds is 15. The Kier molecular flexibility index (Phi) is 13.9. The summed E-state index contributed by atoms with van der Waals surface area (Å²) in [5.74, 6) is -0.364. The van der Waals surface area contributed by atoms with E-state index in [4.69, 9.17) is 9.47 Å². The largest absolute Gasteiger partial charge is 0.469 e. The van der Waals surface area contributed by atoms with Crippen molar-refractivity contribution in [2.24, 2.45) is 0 Å². The molecule has 0 aromatic carbocycles. The fraction of sp³-hybridized carbons (Fsp3) is 0.905. The van der Waals surface area contributed by atoms with Crippen molar-refractivity contribution in [3.05, 3.63) is 0 Å². The molecule has 5 nitrogen and oxygen atoms in total. The Morgan fingerprint density at radius 1 is 1.04 bits per heavy atom. The molecule has 27 heavy (non-hydrogen) atoms. The first kappa shape index (κ1) is 24.4. The maximum absolute atomic E-state index is 11.8. The lowest BCUT2D eigenvalue weighted by molar-refractivity contribution is -0.154. The van der Waals surface area contributed by atoms with Crippen LogP contribution in [0.4, 0.5) is 0 Å². The quantitative estimate of drug-likeness (QED) is 0.192. The number of halogens is 1. The molecule has 6 heteroatoms. The first-order valence-corrected chi connectivity index (χ1v) is 11.7. The Hall–Kier alpha value is -0.620. The topological polar surface area (TPSA) is 61.8 Å². The lowest BCUT2D eigenvalue weighted by Crippen LogP contribution is -2.32. The van der Waals surface area contributed by atoms with Gasteiger partial charge >= 0.3 is 11.9 Å². The molecular weight excluding hydrogens is 412 g/mol. The van der Waals surface area contributed by atoms with Crippen LogP contribution < -0.4 is 0 Å². The molecule has 0 unspecified atom stereocenters. The highest BCUT2D eigenvalue weighted by Crippen LogP contribution is 2.29. The average molecular weight is 449 g/mol. The number of carbonyl (C=O) groups is 2. The van der Waals surface area contributed by atoms with Crippen molar-refractivity contribution in [1.82, 2.24) is 0 Å². The third-order valence-electron chi connectivity index (χ3n) is 5.17. The standard InChI is InChI=1S/C21H37BrO5/c1-3-4-5-6-7-8-12-18(27-21(24)16-22)19-15-14-17(26-19)11-9-10-13-20(23)25-2/h17-19H,3-16H2,1-2H3/t17-,18+,19+/m0/s1. The molecule has 0 bridgehead atoms. The monoisotopic (exact) mass is 448 g/mol. The minimum atomic E-state index is -0.212. The molecule has 1 aliphatic heterocycles. The van der Waals surface area contributed by atoms with Crippen LogP contribution in [0, 0.1) is 0 Å². The van der Waals surface area contributed by atoms with Crippen molar-refractivity contribution in [3.63, 3.8) is 0 Å². The maximum Gasteiger partial charge on any atom is 0.316 e. The molecule has 0 aromatic rings. The minimum Gasteiger partial charge on any atom is -0.469 e. The second-order valence-corrected chi connectivity index (χ2v) is 7.97. The van der Waals surface area contributed by atoms with Crippen LogP contribution in [0.25, 0.3) is 0 Å². The van der Waals surface area contributed by atoms with E-state index in [1.165, 1.54) is 39.2 Å². The van der Waals surface area contributed by atoms with Gasteiger partial charge in [-0.25, -0.2) is 0 Å². The molecule has 0 aliphatic carbocycles. The Morgan fingerprint density at radius 2 is 1.78 bits per heavy atom. The minimum absolute atomic E-state index is 0.00856. The summed E-state index contributed by atoms with van der Waals surface area (Å²) in [7, 11) is 1.42.